The average molecular weight is 289 g/mol. The number of nitrogens with zero attached hydrogens (tertiary/aromatic N) is 1. The number of hydrogen-bond donors (Lipinski definition) is 2. The Labute approximate surface area is 123 Å². The standard InChI is InChI=1S/C15H19N3OS/c1-4-16-14-8-11(7-13(18-14)10(2)3)15(19)17-12-5-6-20-9-12/h5-10H,4H2,1-3H3,(H,16,18)(H,17,19). The Hall–Kier alpha value is -1.88. The molecule has 0 radical (unpaired) electrons. The lowest BCUT2D eigenvalue weighted by atomic mass is 10.1. The number of hydrogen-bond acceptors (Lipinski definition) is 4. The van der Waals surface area contributed by atoms with Crippen LogP contribution >= 0.6 is 11.3 Å². The number of nitrogens with one attached hydrogen (secondary N) is 2. The van der Waals surface area contributed by atoms with E-state index in [0.29, 0.717) is 5.56 Å². The van der Waals surface area contributed by atoms with Crippen molar-refractivity contribution in [3.63, 3.8) is 0 Å². The smallest absolute Gasteiger partial charge is 0.255 e. The minimum absolute atomic E-state index is 0.105. The van der Waals surface area contributed by atoms with Gasteiger partial charge in [0.1, 0.15) is 5.82 Å². The molecule has 0 saturated carbocycles. The highest BCUT2D eigenvalue weighted by molar-refractivity contribution is 7.08. The van der Waals surface area contributed by atoms with Crippen LogP contribution < -0.4 is 10.6 Å². The topological polar surface area (TPSA) is 54.0 Å². The summed E-state index contributed by atoms with van der Waals surface area (Å²) in [5.41, 5.74) is 2.37. The van der Waals surface area contributed by atoms with Crippen LogP contribution in [0.15, 0.2) is 29.0 Å². The molecule has 0 aliphatic rings. The summed E-state index contributed by atoms with van der Waals surface area (Å²) in [7, 11) is 0. The number of anilines is 2. The summed E-state index contributed by atoms with van der Waals surface area (Å²) in [6.45, 7) is 6.92. The Kier molecular flexibility index (Phi) is 4.74. The van der Waals surface area contributed by atoms with E-state index in [0.717, 1.165) is 23.7 Å². The number of pyridine rings is 1. The van der Waals surface area contributed by atoms with Crippen molar-refractivity contribution in [1.82, 2.24) is 4.98 Å². The molecule has 0 saturated heterocycles. The summed E-state index contributed by atoms with van der Waals surface area (Å²) < 4.78 is 0. The molecule has 2 heterocycles. The van der Waals surface area contributed by atoms with Crippen molar-refractivity contribution in [3.8, 4) is 0 Å². The van der Waals surface area contributed by atoms with Crippen LogP contribution in [0, 0.1) is 0 Å². The SMILES string of the molecule is CCNc1cc(C(=O)Nc2ccsc2)cc(C(C)C)n1. The summed E-state index contributed by atoms with van der Waals surface area (Å²) in [6.07, 6.45) is 0. The third-order valence-electron chi connectivity index (χ3n) is 2.84. The second kappa shape index (κ2) is 6.52. The first-order valence-electron chi connectivity index (χ1n) is 6.69. The molecular weight excluding hydrogens is 270 g/mol. The number of carbonyl (C=O) groups excluding carboxylic acids is 1. The molecule has 2 aromatic heterocycles. The molecule has 2 N–H and O–H groups in total. The van der Waals surface area contributed by atoms with Gasteiger partial charge in [-0.1, -0.05) is 13.8 Å². The van der Waals surface area contributed by atoms with Crippen LogP contribution in [-0.4, -0.2) is 17.4 Å². The molecule has 0 aromatic carbocycles. The Morgan fingerprint density at radius 2 is 2.20 bits per heavy atom. The fourth-order valence-corrected chi connectivity index (χ4v) is 2.38. The van der Waals surface area contributed by atoms with Gasteiger partial charge < -0.3 is 10.6 Å². The summed E-state index contributed by atoms with van der Waals surface area (Å²) in [4.78, 5) is 16.8. The molecule has 2 aromatic rings. The second-order valence-electron chi connectivity index (χ2n) is 4.82. The Morgan fingerprint density at radius 1 is 1.40 bits per heavy atom. The van der Waals surface area contributed by atoms with E-state index in [-0.39, 0.29) is 11.8 Å². The van der Waals surface area contributed by atoms with Crippen LogP contribution in [0.2, 0.25) is 0 Å². The molecule has 0 aliphatic heterocycles. The van der Waals surface area contributed by atoms with Gasteiger partial charge in [0.05, 0.1) is 5.69 Å². The molecule has 20 heavy (non-hydrogen) atoms. The molecule has 106 valence electrons. The van der Waals surface area contributed by atoms with Crippen molar-refractivity contribution in [1.29, 1.82) is 0 Å². The molecule has 0 atom stereocenters. The molecule has 1 amide bonds. The van der Waals surface area contributed by atoms with Crippen molar-refractivity contribution in [2.75, 3.05) is 17.2 Å². The minimum Gasteiger partial charge on any atom is -0.370 e. The third-order valence-corrected chi connectivity index (χ3v) is 3.52. The maximum absolute atomic E-state index is 12.3. The Balaban J connectivity index is 2.27. The van der Waals surface area contributed by atoms with E-state index in [9.17, 15) is 4.79 Å². The zero-order valence-corrected chi connectivity index (χ0v) is 12.8. The van der Waals surface area contributed by atoms with Gasteiger partial charge in [0.2, 0.25) is 0 Å². The zero-order chi connectivity index (χ0) is 14.5. The van der Waals surface area contributed by atoms with Gasteiger partial charge in [-0.2, -0.15) is 11.3 Å². The zero-order valence-electron chi connectivity index (χ0n) is 11.9. The quantitative estimate of drug-likeness (QED) is 0.876. The van der Waals surface area contributed by atoms with Crippen LogP contribution in [-0.2, 0) is 0 Å². The highest BCUT2D eigenvalue weighted by Gasteiger charge is 2.12. The van der Waals surface area contributed by atoms with Gasteiger partial charge in [0.15, 0.2) is 0 Å². The lowest BCUT2D eigenvalue weighted by molar-refractivity contribution is 0.102. The molecule has 4 nitrogen and oxygen atoms in total. The molecule has 2 rings (SSSR count). The van der Waals surface area contributed by atoms with Gasteiger partial charge >= 0.3 is 0 Å². The van der Waals surface area contributed by atoms with Crippen molar-refractivity contribution >= 4 is 28.7 Å². The number of amides is 1. The van der Waals surface area contributed by atoms with Gasteiger partial charge in [-0.3, -0.25) is 4.79 Å². The van der Waals surface area contributed by atoms with Crippen molar-refractivity contribution in [2.45, 2.75) is 26.7 Å². The maximum atomic E-state index is 12.3. The molecule has 0 bridgehead atoms. The number of thiophene rings is 1. The number of carbonyl (C=O) groups is 1. The monoisotopic (exact) mass is 289 g/mol. The highest BCUT2D eigenvalue weighted by Crippen LogP contribution is 2.19. The normalized spacial score (nSPS) is 10.6. The van der Waals surface area contributed by atoms with E-state index in [1.807, 2.05) is 29.8 Å². The van der Waals surface area contributed by atoms with Crippen molar-refractivity contribution in [3.05, 3.63) is 40.2 Å². The van der Waals surface area contributed by atoms with Crippen LogP contribution in [0.1, 0.15) is 42.7 Å². The fraction of sp³-hybridized carbons (Fsp3) is 0.333. The second-order valence-corrected chi connectivity index (χ2v) is 5.60. The maximum Gasteiger partial charge on any atom is 0.255 e. The lowest BCUT2D eigenvalue weighted by Gasteiger charge is -2.11. The summed E-state index contributed by atoms with van der Waals surface area (Å²) >= 11 is 1.56. The van der Waals surface area contributed by atoms with Crippen LogP contribution in [0.4, 0.5) is 11.5 Å². The van der Waals surface area contributed by atoms with E-state index in [1.165, 1.54) is 0 Å². The summed E-state index contributed by atoms with van der Waals surface area (Å²) in [5.74, 6) is 0.919. The third kappa shape index (κ3) is 3.57. The van der Waals surface area contributed by atoms with Gasteiger partial charge in [-0.05, 0) is 36.4 Å². The largest absolute Gasteiger partial charge is 0.370 e. The van der Waals surface area contributed by atoms with E-state index in [2.05, 4.69) is 29.5 Å². The Morgan fingerprint density at radius 3 is 2.80 bits per heavy atom. The Bertz CT molecular complexity index is 579. The van der Waals surface area contributed by atoms with Crippen molar-refractivity contribution in [2.24, 2.45) is 0 Å². The van der Waals surface area contributed by atoms with Gasteiger partial charge in [-0.25, -0.2) is 4.98 Å². The van der Waals surface area contributed by atoms with Crippen LogP contribution in [0.3, 0.4) is 0 Å². The first-order chi connectivity index (χ1) is 9.60. The first kappa shape index (κ1) is 14.5. The minimum atomic E-state index is -0.105. The molecule has 5 heteroatoms. The molecule has 0 aliphatic carbocycles. The molecule has 0 fully saturated rings. The van der Waals surface area contributed by atoms with Gasteiger partial charge in [-0.15, -0.1) is 0 Å². The van der Waals surface area contributed by atoms with E-state index >= 15 is 0 Å². The van der Waals surface area contributed by atoms with Gasteiger partial charge in [0, 0.05) is 23.2 Å². The van der Waals surface area contributed by atoms with E-state index in [1.54, 1.807) is 17.4 Å². The van der Waals surface area contributed by atoms with E-state index < -0.39 is 0 Å². The lowest BCUT2D eigenvalue weighted by Crippen LogP contribution is -2.13. The number of rotatable bonds is 5. The predicted octanol–water partition coefficient (Wildman–Crippen LogP) is 3.95. The number of aromatic nitrogens is 1. The molecular formula is C15H19N3OS. The van der Waals surface area contributed by atoms with Crippen molar-refractivity contribution < 1.29 is 4.79 Å². The summed E-state index contributed by atoms with van der Waals surface area (Å²) in [6, 6.07) is 5.53. The molecule has 0 spiro atoms. The fourth-order valence-electron chi connectivity index (χ4n) is 1.79. The first-order valence-corrected chi connectivity index (χ1v) is 7.63. The van der Waals surface area contributed by atoms with Crippen LogP contribution in [0.25, 0.3) is 0 Å². The van der Waals surface area contributed by atoms with Gasteiger partial charge in [0.25, 0.3) is 5.91 Å². The molecule has 0 unspecified atom stereocenters. The highest BCUT2D eigenvalue weighted by atomic mass is 32.1. The average Bonchev–Trinajstić information content (AvgIpc) is 2.91. The van der Waals surface area contributed by atoms with Crippen LogP contribution in [0.5, 0.6) is 0 Å². The summed E-state index contributed by atoms with van der Waals surface area (Å²) in [5, 5.41) is 9.90. The van der Waals surface area contributed by atoms with E-state index in [4.69, 9.17) is 0 Å². The predicted molar refractivity (Wildman–Crippen MR) is 84.8 cm³/mol.